The van der Waals surface area contributed by atoms with E-state index in [9.17, 15) is 9.59 Å². The van der Waals surface area contributed by atoms with E-state index in [0.29, 0.717) is 37.1 Å². The average molecular weight is 383 g/mol. The van der Waals surface area contributed by atoms with Crippen LogP contribution in [0.5, 0.6) is 0 Å². The van der Waals surface area contributed by atoms with Crippen LogP contribution in [-0.2, 0) is 9.47 Å². The third kappa shape index (κ3) is 3.71. The number of Topliss-reactive ketones (excluding diaryl/α,β-unsaturated/α-hetero) is 1. The highest BCUT2D eigenvalue weighted by Crippen LogP contribution is 2.34. The van der Waals surface area contributed by atoms with Gasteiger partial charge in [-0.25, -0.2) is 4.79 Å². The van der Waals surface area contributed by atoms with Gasteiger partial charge < -0.3 is 9.47 Å². The fourth-order valence-electron chi connectivity index (χ4n) is 4.09. The quantitative estimate of drug-likeness (QED) is 0.741. The van der Waals surface area contributed by atoms with Crippen LogP contribution >= 0.6 is 0 Å². The molecule has 7 nitrogen and oxygen atoms in total. The Balaban J connectivity index is 1.53. The molecule has 1 aromatic carbocycles. The van der Waals surface area contributed by atoms with Crippen molar-refractivity contribution in [2.24, 2.45) is 5.92 Å². The van der Waals surface area contributed by atoms with Gasteiger partial charge in [0, 0.05) is 23.9 Å². The monoisotopic (exact) mass is 383 g/mol. The summed E-state index contributed by atoms with van der Waals surface area (Å²) in [5.41, 5.74) is 1.57. The fraction of sp³-hybridized carbons (Fsp3) is 0.524. The lowest BCUT2D eigenvalue weighted by molar-refractivity contribution is -0.0861. The standard InChI is InChI=1S/C21H25N3O4/c1-21(2,3)28-20(26)24-15-8-14(9-16(24)12-27-11-15)19(25)13-4-5-17-18(10-13)23-7-6-22-17/h4-7,10,14-16H,8-9,11-12H2,1-3H3. The number of piperidine rings is 1. The van der Waals surface area contributed by atoms with E-state index in [2.05, 4.69) is 9.97 Å². The minimum Gasteiger partial charge on any atom is -0.444 e. The van der Waals surface area contributed by atoms with E-state index < -0.39 is 5.60 Å². The number of hydrogen-bond acceptors (Lipinski definition) is 6. The molecular formula is C21H25N3O4. The molecule has 2 aromatic rings. The van der Waals surface area contributed by atoms with Gasteiger partial charge in [0.25, 0.3) is 0 Å². The Kier molecular flexibility index (Phi) is 4.79. The molecule has 2 unspecified atom stereocenters. The van der Waals surface area contributed by atoms with Gasteiger partial charge >= 0.3 is 6.09 Å². The number of nitrogens with zero attached hydrogens (tertiary/aromatic N) is 3. The molecule has 0 spiro atoms. The van der Waals surface area contributed by atoms with Crippen molar-refractivity contribution in [3.05, 3.63) is 36.2 Å². The van der Waals surface area contributed by atoms with E-state index in [-0.39, 0.29) is 29.9 Å². The molecule has 7 heteroatoms. The highest BCUT2D eigenvalue weighted by atomic mass is 16.6. The molecule has 2 bridgehead atoms. The lowest BCUT2D eigenvalue weighted by Crippen LogP contribution is -2.60. The molecule has 2 aliphatic rings. The largest absolute Gasteiger partial charge is 0.444 e. The van der Waals surface area contributed by atoms with Crippen LogP contribution in [0.4, 0.5) is 4.79 Å². The normalized spacial score (nSPS) is 24.8. The molecular weight excluding hydrogens is 358 g/mol. The first-order chi connectivity index (χ1) is 13.3. The van der Waals surface area contributed by atoms with Crippen molar-refractivity contribution in [3.8, 4) is 0 Å². The molecule has 1 aromatic heterocycles. The maximum atomic E-state index is 13.2. The van der Waals surface area contributed by atoms with Gasteiger partial charge in [-0.2, -0.15) is 0 Å². The number of carbonyl (C=O) groups excluding carboxylic acids is 2. The molecule has 3 heterocycles. The van der Waals surface area contributed by atoms with Gasteiger partial charge in [0.2, 0.25) is 0 Å². The summed E-state index contributed by atoms with van der Waals surface area (Å²) in [6.45, 7) is 6.44. The Hall–Kier alpha value is -2.54. The Morgan fingerprint density at radius 2 is 1.71 bits per heavy atom. The van der Waals surface area contributed by atoms with Crippen molar-refractivity contribution >= 4 is 22.9 Å². The Labute approximate surface area is 164 Å². The molecule has 0 aliphatic carbocycles. The number of fused-ring (bicyclic) bond motifs is 3. The maximum Gasteiger partial charge on any atom is 0.410 e. The molecule has 0 radical (unpaired) electrons. The molecule has 4 rings (SSSR count). The zero-order valence-corrected chi connectivity index (χ0v) is 16.4. The average Bonchev–Trinajstić information content (AvgIpc) is 2.64. The van der Waals surface area contributed by atoms with Crippen LogP contribution in [0.1, 0.15) is 44.0 Å². The summed E-state index contributed by atoms with van der Waals surface area (Å²) in [6.07, 6.45) is 4.09. The third-order valence-corrected chi connectivity index (χ3v) is 5.25. The predicted octanol–water partition coefficient (Wildman–Crippen LogP) is 3.23. The fourth-order valence-corrected chi connectivity index (χ4v) is 4.09. The van der Waals surface area contributed by atoms with E-state index >= 15 is 0 Å². The van der Waals surface area contributed by atoms with Crippen LogP contribution in [0.15, 0.2) is 30.6 Å². The summed E-state index contributed by atoms with van der Waals surface area (Å²) in [6, 6.07) is 5.16. The van der Waals surface area contributed by atoms with Gasteiger partial charge in [-0.15, -0.1) is 0 Å². The van der Waals surface area contributed by atoms with E-state index in [4.69, 9.17) is 9.47 Å². The minimum atomic E-state index is -0.551. The number of morpholine rings is 1. The molecule has 0 saturated carbocycles. The van der Waals surface area contributed by atoms with Gasteiger partial charge in [0.1, 0.15) is 5.60 Å². The maximum absolute atomic E-state index is 13.2. The highest BCUT2D eigenvalue weighted by Gasteiger charge is 2.45. The SMILES string of the molecule is CC(C)(C)OC(=O)N1C2COCC1CC(C(=O)c1ccc3nccnc3c1)C2. The number of ketones is 1. The Morgan fingerprint density at radius 3 is 2.36 bits per heavy atom. The van der Waals surface area contributed by atoms with Crippen LogP contribution in [0.3, 0.4) is 0 Å². The van der Waals surface area contributed by atoms with Gasteiger partial charge in [-0.1, -0.05) is 0 Å². The van der Waals surface area contributed by atoms with Crippen LogP contribution < -0.4 is 0 Å². The molecule has 0 N–H and O–H groups in total. The lowest BCUT2D eigenvalue weighted by atomic mass is 9.81. The van der Waals surface area contributed by atoms with Gasteiger partial charge in [-0.05, 0) is 51.8 Å². The first-order valence-corrected chi connectivity index (χ1v) is 9.66. The summed E-state index contributed by atoms with van der Waals surface area (Å²) in [4.78, 5) is 36.1. The summed E-state index contributed by atoms with van der Waals surface area (Å²) in [7, 11) is 0. The van der Waals surface area contributed by atoms with Crippen molar-refractivity contribution in [1.82, 2.24) is 14.9 Å². The molecule has 2 saturated heterocycles. The van der Waals surface area contributed by atoms with Crippen LogP contribution in [0, 0.1) is 5.92 Å². The summed E-state index contributed by atoms with van der Waals surface area (Å²) in [5.74, 6) is -0.0556. The van der Waals surface area contributed by atoms with Crippen LogP contribution in [0.2, 0.25) is 0 Å². The van der Waals surface area contributed by atoms with Crippen molar-refractivity contribution in [2.45, 2.75) is 51.3 Å². The zero-order valence-electron chi connectivity index (χ0n) is 16.4. The number of carbonyl (C=O) groups is 2. The van der Waals surface area contributed by atoms with E-state index in [0.717, 1.165) is 5.52 Å². The Bertz CT molecular complexity index is 894. The minimum absolute atomic E-state index is 0.0910. The van der Waals surface area contributed by atoms with Gasteiger partial charge in [0.05, 0.1) is 36.3 Å². The van der Waals surface area contributed by atoms with Crippen molar-refractivity contribution in [3.63, 3.8) is 0 Å². The first-order valence-electron chi connectivity index (χ1n) is 9.66. The summed E-state index contributed by atoms with van der Waals surface area (Å²) in [5, 5.41) is 0. The second kappa shape index (κ2) is 7.13. The number of benzene rings is 1. The number of ether oxygens (including phenoxy) is 2. The van der Waals surface area contributed by atoms with E-state index in [1.54, 1.807) is 23.4 Å². The second-order valence-corrected chi connectivity index (χ2v) is 8.53. The Morgan fingerprint density at radius 1 is 1.07 bits per heavy atom. The summed E-state index contributed by atoms with van der Waals surface area (Å²) >= 11 is 0. The number of hydrogen-bond donors (Lipinski definition) is 0. The topological polar surface area (TPSA) is 81.6 Å². The number of aromatic nitrogens is 2. The van der Waals surface area contributed by atoms with Crippen LogP contribution in [-0.4, -0.2) is 57.6 Å². The highest BCUT2D eigenvalue weighted by molar-refractivity contribution is 6.00. The van der Waals surface area contributed by atoms with Gasteiger partial charge in [0.15, 0.2) is 5.78 Å². The molecule has 1 amide bonds. The van der Waals surface area contributed by atoms with Crippen molar-refractivity contribution in [1.29, 1.82) is 0 Å². The predicted molar refractivity (Wildman–Crippen MR) is 103 cm³/mol. The number of amides is 1. The molecule has 28 heavy (non-hydrogen) atoms. The summed E-state index contributed by atoms with van der Waals surface area (Å²) < 4.78 is 11.2. The van der Waals surface area contributed by atoms with Gasteiger partial charge in [-0.3, -0.25) is 19.7 Å². The molecule has 2 atom stereocenters. The van der Waals surface area contributed by atoms with E-state index in [1.807, 2.05) is 32.9 Å². The molecule has 2 aliphatic heterocycles. The molecule has 2 fully saturated rings. The zero-order chi connectivity index (χ0) is 19.9. The van der Waals surface area contributed by atoms with Crippen LogP contribution in [0.25, 0.3) is 11.0 Å². The second-order valence-electron chi connectivity index (χ2n) is 8.53. The van der Waals surface area contributed by atoms with Crippen molar-refractivity contribution < 1.29 is 19.1 Å². The third-order valence-electron chi connectivity index (χ3n) is 5.25. The number of rotatable bonds is 2. The first kappa shape index (κ1) is 18.8. The smallest absolute Gasteiger partial charge is 0.410 e. The van der Waals surface area contributed by atoms with E-state index in [1.165, 1.54) is 0 Å². The van der Waals surface area contributed by atoms with Crippen molar-refractivity contribution in [2.75, 3.05) is 13.2 Å². The molecule has 148 valence electrons. The lowest BCUT2D eigenvalue weighted by Gasteiger charge is -2.47.